The van der Waals surface area contributed by atoms with Gasteiger partial charge in [0, 0.05) is 60.1 Å². The lowest BCUT2D eigenvalue weighted by molar-refractivity contribution is 0.233. The number of halogens is 1. The fourth-order valence-corrected chi connectivity index (χ4v) is 4.71. The molecule has 25 heavy (non-hydrogen) atoms. The van der Waals surface area contributed by atoms with Crippen LogP contribution >= 0.6 is 11.6 Å². The molecular formula is C21H26ClN3. The SMILES string of the molecule is Cc1cc(Cl)c2c(c1)Nc1ccc(CN3CCNCC3)cc1C2(C)C. The fraction of sp³-hybridized carbons (Fsp3) is 0.429. The summed E-state index contributed by atoms with van der Waals surface area (Å²) in [7, 11) is 0. The topological polar surface area (TPSA) is 27.3 Å². The predicted octanol–water partition coefficient (Wildman–Crippen LogP) is 4.44. The van der Waals surface area contributed by atoms with Crippen molar-refractivity contribution in [2.24, 2.45) is 0 Å². The number of hydrogen-bond acceptors (Lipinski definition) is 3. The third kappa shape index (κ3) is 3.05. The second-order valence-corrected chi connectivity index (χ2v) is 8.23. The van der Waals surface area contributed by atoms with Gasteiger partial charge in [-0.2, -0.15) is 0 Å². The van der Waals surface area contributed by atoms with Crippen molar-refractivity contribution in [3.8, 4) is 0 Å². The Labute approximate surface area is 155 Å². The molecule has 0 saturated carbocycles. The first kappa shape index (κ1) is 16.9. The number of rotatable bonds is 2. The summed E-state index contributed by atoms with van der Waals surface area (Å²) in [5, 5.41) is 7.87. The smallest absolute Gasteiger partial charge is 0.0470 e. The van der Waals surface area contributed by atoms with Crippen molar-refractivity contribution >= 4 is 23.0 Å². The molecule has 0 radical (unpaired) electrons. The Morgan fingerprint density at radius 2 is 1.84 bits per heavy atom. The summed E-state index contributed by atoms with van der Waals surface area (Å²) in [5.41, 5.74) is 7.32. The van der Waals surface area contributed by atoms with Crippen LogP contribution in [0.3, 0.4) is 0 Å². The molecule has 4 rings (SSSR count). The van der Waals surface area contributed by atoms with Gasteiger partial charge in [0.25, 0.3) is 0 Å². The van der Waals surface area contributed by atoms with Gasteiger partial charge in [-0.1, -0.05) is 37.6 Å². The normalized spacial score (nSPS) is 19.0. The molecule has 4 heteroatoms. The summed E-state index contributed by atoms with van der Waals surface area (Å²) in [4.78, 5) is 2.52. The number of hydrogen-bond donors (Lipinski definition) is 2. The Bertz CT molecular complexity index is 807. The van der Waals surface area contributed by atoms with E-state index in [0.717, 1.165) is 43.4 Å². The Morgan fingerprint density at radius 3 is 2.60 bits per heavy atom. The highest BCUT2D eigenvalue weighted by molar-refractivity contribution is 6.32. The van der Waals surface area contributed by atoms with Gasteiger partial charge in [-0.05, 0) is 41.8 Å². The molecule has 0 amide bonds. The molecule has 3 nitrogen and oxygen atoms in total. The molecule has 0 atom stereocenters. The van der Waals surface area contributed by atoms with Crippen molar-refractivity contribution in [2.75, 3.05) is 31.5 Å². The summed E-state index contributed by atoms with van der Waals surface area (Å²) in [6.45, 7) is 12.1. The monoisotopic (exact) mass is 355 g/mol. The van der Waals surface area contributed by atoms with Crippen LogP contribution in [0.5, 0.6) is 0 Å². The number of aryl methyl sites for hydroxylation is 1. The highest BCUT2D eigenvalue weighted by atomic mass is 35.5. The molecule has 0 spiro atoms. The summed E-state index contributed by atoms with van der Waals surface area (Å²) in [6, 6.07) is 11.1. The van der Waals surface area contributed by atoms with E-state index in [1.54, 1.807) is 0 Å². The molecule has 132 valence electrons. The van der Waals surface area contributed by atoms with E-state index in [1.807, 2.05) is 0 Å². The zero-order chi connectivity index (χ0) is 17.6. The van der Waals surface area contributed by atoms with E-state index in [2.05, 4.69) is 66.6 Å². The van der Waals surface area contributed by atoms with Crippen LogP contribution in [0.4, 0.5) is 11.4 Å². The zero-order valence-corrected chi connectivity index (χ0v) is 16.0. The molecule has 2 aliphatic rings. The van der Waals surface area contributed by atoms with Crippen LogP contribution in [-0.4, -0.2) is 31.1 Å². The minimum atomic E-state index is -0.111. The van der Waals surface area contributed by atoms with Crippen LogP contribution in [0.1, 0.15) is 36.1 Å². The van der Waals surface area contributed by atoms with Crippen molar-refractivity contribution in [3.63, 3.8) is 0 Å². The van der Waals surface area contributed by atoms with E-state index >= 15 is 0 Å². The lowest BCUT2D eigenvalue weighted by Crippen LogP contribution is -2.42. The second-order valence-electron chi connectivity index (χ2n) is 7.83. The van der Waals surface area contributed by atoms with Gasteiger partial charge in [0.2, 0.25) is 0 Å². The van der Waals surface area contributed by atoms with E-state index in [-0.39, 0.29) is 5.41 Å². The quantitative estimate of drug-likeness (QED) is 0.834. The predicted molar refractivity (Wildman–Crippen MR) is 106 cm³/mol. The summed E-state index contributed by atoms with van der Waals surface area (Å²) >= 11 is 6.64. The van der Waals surface area contributed by atoms with Crippen LogP contribution in [0.2, 0.25) is 5.02 Å². The third-order valence-corrected chi connectivity index (χ3v) is 5.80. The molecule has 0 aliphatic carbocycles. The highest BCUT2D eigenvalue weighted by Crippen LogP contribution is 2.48. The van der Waals surface area contributed by atoms with E-state index in [9.17, 15) is 0 Å². The number of benzene rings is 2. The molecule has 1 saturated heterocycles. The van der Waals surface area contributed by atoms with Crippen LogP contribution < -0.4 is 10.6 Å². The van der Waals surface area contributed by atoms with Gasteiger partial charge in [-0.3, -0.25) is 4.90 Å². The maximum atomic E-state index is 6.64. The molecule has 2 heterocycles. The van der Waals surface area contributed by atoms with Gasteiger partial charge in [-0.25, -0.2) is 0 Å². The first-order valence-electron chi connectivity index (χ1n) is 9.09. The van der Waals surface area contributed by atoms with Gasteiger partial charge in [-0.15, -0.1) is 0 Å². The van der Waals surface area contributed by atoms with Crippen LogP contribution in [0, 0.1) is 6.92 Å². The highest BCUT2D eigenvalue weighted by Gasteiger charge is 2.34. The largest absolute Gasteiger partial charge is 0.355 e. The Hall–Kier alpha value is -1.55. The molecule has 0 bridgehead atoms. The molecule has 1 fully saturated rings. The van der Waals surface area contributed by atoms with Crippen molar-refractivity contribution < 1.29 is 0 Å². The molecule has 0 aromatic heterocycles. The van der Waals surface area contributed by atoms with Crippen LogP contribution in [0.25, 0.3) is 0 Å². The number of piperazine rings is 1. The van der Waals surface area contributed by atoms with Gasteiger partial charge >= 0.3 is 0 Å². The standard InChI is InChI=1S/C21H26ClN3/c1-14-10-17(22)20-19(11-14)24-18-5-4-15(12-16(18)21(20,2)3)13-25-8-6-23-7-9-25/h4-5,10-12,23-24H,6-9,13H2,1-3H3. The number of anilines is 2. The average Bonchev–Trinajstić information content (AvgIpc) is 2.55. The van der Waals surface area contributed by atoms with E-state index in [1.165, 1.54) is 27.9 Å². The Kier molecular flexibility index (Phi) is 4.27. The number of nitrogens with zero attached hydrogens (tertiary/aromatic N) is 1. The first-order valence-corrected chi connectivity index (χ1v) is 9.47. The summed E-state index contributed by atoms with van der Waals surface area (Å²) < 4.78 is 0. The van der Waals surface area contributed by atoms with Crippen molar-refractivity contribution in [2.45, 2.75) is 32.7 Å². The van der Waals surface area contributed by atoms with Gasteiger partial charge in [0.05, 0.1) is 0 Å². The molecule has 2 aromatic rings. The van der Waals surface area contributed by atoms with Crippen LogP contribution in [0.15, 0.2) is 30.3 Å². The molecule has 0 unspecified atom stereocenters. The second kappa shape index (κ2) is 6.31. The fourth-order valence-electron chi connectivity index (χ4n) is 4.20. The van der Waals surface area contributed by atoms with Crippen molar-refractivity contribution in [1.29, 1.82) is 0 Å². The van der Waals surface area contributed by atoms with Gasteiger partial charge in [0.15, 0.2) is 0 Å². The third-order valence-electron chi connectivity index (χ3n) is 5.50. The lowest BCUT2D eigenvalue weighted by atomic mass is 9.73. The molecule has 2 N–H and O–H groups in total. The van der Waals surface area contributed by atoms with E-state index in [0.29, 0.717) is 0 Å². The first-order chi connectivity index (χ1) is 11.9. The van der Waals surface area contributed by atoms with Gasteiger partial charge < -0.3 is 10.6 Å². The zero-order valence-electron chi connectivity index (χ0n) is 15.2. The average molecular weight is 356 g/mol. The lowest BCUT2D eigenvalue weighted by Gasteiger charge is -2.37. The Morgan fingerprint density at radius 1 is 1.08 bits per heavy atom. The minimum absolute atomic E-state index is 0.111. The minimum Gasteiger partial charge on any atom is -0.355 e. The molecule has 2 aliphatic heterocycles. The van der Waals surface area contributed by atoms with E-state index < -0.39 is 0 Å². The van der Waals surface area contributed by atoms with E-state index in [4.69, 9.17) is 11.6 Å². The summed E-state index contributed by atoms with van der Waals surface area (Å²) in [5.74, 6) is 0. The summed E-state index contributed by atoms with van der Waals surface area (Å²) in [6.07, 6.45) is 0. The molecule has 2 aromatic carbocycles. The van der Waals surface area contributed by atoms with Crippen molar-refractivity contribution in [3.05, 3.63) is 57.6 Å². The van der Waals surface area contributed by atoms with Crippen molar-refractivity contribution in [1.82, 2.24) is 10.2 Å². The van der Waals surface area contributed by atoms with Gasteiger partial charge in [0.1, 0.15) is 0 Å². The Balaban J connectivity index is 1.71. The van der Waals surface area contributed by atoms with Crippen LogP contribution in [-0.2, 0) is 12.0 Å². The maximum absolute atomic E-state index is 6.64. The maximum Gasteiger partial charge on any atom is 0.0470 e. The number of nitrogens with one attached hydrogen (secondary N) is 2. The number of fused-ring (bicyclic) bond motifs is 2. The molecular weight excluding hydrogens is 330 g/mol.